The van der Waals surface area contributed by atoms with Crippen LogP contribution in [0.3, 0.4) is 0 Å². The summed E-state index contributed by atoms with van der Waals surface area (Å²) in [5, 5.41) is 8.87. The van der Waals surface area contributed by atoms with E-state index >= 15 is 0 Å². The van der Waals surface area contributed by atoms with Gasteiger partial charge in [0.05, 0.1) is 16.7 Å². The van der Waals surface area contributed by atoms with Gasteiger partial charge in [-0.15, -0.1) is 0 Å². The number of hydrogen-bond acceptors (Lipinski definition) is 4. The van der Waals surface area contributed by atoms with Crippen molar-refractivity contribution in [2.24, 2.45) is 7.05 Å². The average molecular weight is 214 g/mol. The van der Waals surface area contributed by atoms with Gasteiger partial charge in [-0.05, 0) is 13.0 Å². The molecule has 0 amide bonds. The third-order valence-electron chi connectivity index (χ3n) is 2.64. The average Bonchev–Trinajstić information content (AvgIpc) is 2.28. The molecule has 0 fully saturated rings. The van der Waals surface area contributed by atoms with Crippen LogP contribution in [0.1, 0.15) is 11.3 Å². The molecule has 2 N–H and O–H groups in total. The summed E-state index contributed by atoms with van der Waals surface area (Å²) in [6, 6.07) is 4.96. The molecule has 0 aliphatic carbocycles. The van der Waals surface area contributed by atoms with Crippen LogP contribution in [0.15, 0.2) is 16.9 Å². The Bertz CT molecular complexity index is 679. The fourth-order valence-corrected chi connectivity index (χ4v) is 1.73. The quantitative estimate of drug-likeness (QED) is 0.699. The third-order valence-corrected chi connectivity index (χ3v) is 2.64. The first-order valence-electron chi connectivity index (χ1n) is 4.72. The number of anilines is 1. The van der Waals surface area contributed by atoms with E-state index in [0.29, 0.717) is 22.3 Å². The molecule has 5 heteroatoms. The van der Waals surface area contributed by atoms with Gasteiger partial charge >= 0.3 is 0 Å². The second-order valence-corrected chi connectivity index (χ2v) is 3.58. The highest BCUT2D eigenvalue weighted by Gasteiger charge is 2.11. The van der Waals surface area contributed by atoms with Crippen molar-refractivity contribution in [2.75, 3.05) is 5.73 Å². The smallest absolute Gasteiger partial charge is 0.250 e. The highest BCUT2D eigenvalue weighted by molar-refractivity contribution is 5.84. The van der Waals surface area contributed by atoms with Gasteiger partial charge in [-0.2, -0.15) is 5.26 Å². The summed E-state index contributed by atoms with van der Waals surface area (Å²) in [5.41, 5.74) is 8.16. The second kappa shape index (κ2) is 3.35. The first-order valence-corrected chi connectivity index (χ1v) is 4.72. The highest BCUT2D eigenvalue weighted by atomic mass is 16.1. The molecule has 0 radical (unpaired) electrons. The monoisotopic (exact) mass is 214 g/mol. The Hall–Kier alpha value is -2.35. The summed E-state index contributed by atoms with van der Waals surface area (Å²) in [6.07, 6.45) is 0. The largest absolute Gasteiger partial charge is 0.396 e. The Morgan fingerprint density at radius 1 is 1.50 bits per heavy atom. The highest BCUT2D eigenvalue weighted by Crippen LogP contribution is 2.22. The summed E-state index contributed by atoms with van der Waals surface area (Å²) >= 11 is 0. The van der Waals surface area contributed by atoms with E-state index in [-0.39, 0.29) is 11.3 Å². The van der Waals surface area contributed by atoms with Gasteiger partial charge in [-0.1, -0.05) is 0 Å². The zero-order valence-electron chi connectivity index (χ0n) is 8.98. The van der Waals surface area contributed by atoms with Crippen molar-refractivity contribution in [1.82, 2.24) is 9.55 Å². The Morgan fingerprint density at radius 3 is 2.81 bits per heavy atom. The third kappa shape index (κ3) is 1.24. The number of nitrogens with zero attached hydrogens (tertiary/aromatic N) is 3. The first kappa shape index (κ1) is 10.2. The van der Waals surface area contributed by atoms with Crippen molar-refractivity contribution in [3.05, 3.63) is 33.7 Å². The molecular formula is C11H10N4O. The second-order valence-electron chi connectivity index (χ2n) is 3.58. The van der Waals surface area contributed by atoms with Gasteiger partial charge in [0.15, 0.2) is 5.69 Å². The number of pyridine rings is 2. The molecule has 0 aliphatic rings. The number of aryl methyl sites for hydroxylation is 2. The molecule has 0 saturated heterocycles. The van der Waals surface area contributed by atoms with E-state index in [0.717, 1.165) is 0 Å². The molecule has 2 heterocycles. The maximum atomic E-state index is 11.5. The lowest BCUT2D eigenvalue weighted by atomic mass is 10.1. The summed E-state index contributed by atoms with van der Waals surface area (Å²) in [7, 11) is 1.66. The minimum atomic E-state index is -0.124. The molecule has 5 nitrogen and oxygen atoms in total. The number of rotatable bonds is 0. The molecule has 0 unspecified atom stereocenters. The van der Waals surface area contributed by atoms with Crippen molar-refractivity contribution >= 4 is 16.7 Å². The zero-order valence-corrected chi connectivity index (χ0v) is 8.98. The van der Waals surface area contributed by atoms with Crippen molar-refractivity contribution < 1.29 is 0 Å². The molecule has 0 spiro atoms. The summed E-state index contributed by atoms with van der Waals surface area (Å²) in [5.74, 6) is 0. The van der Waals surface area contributed by atoms with Gasteiger partial charge in [0, 0.05) is 18.7 Å². The van der Waals surface area contributed by atoms with Crippen LogP contribution in [0.2, 0.25) is 0 Å². The van der Waals surface area contributed by atoms with Crippen molar-refractivity contribution in [2.45, 2.75) is 6.92 Å². The van der Waals surface area contributed by atoms with Crippen molar-refractivity contribution in [3.8, 4) is 6.07 Å². The standard InChI is InChI=1S/C11H10N4O/c1-6-10(13)8(5-12)14-7-3-4-9(16)15(2)11(6)7/h3-4H,13H2,1-2H3. The Kier molecular flexibility index (Phi) is 2.13. The van der Waals surface area contributed by atoms with E-state index in [1.54, 1.807) is 20.0 Å². The predicted molar refractivity (Wildman–Crippen MR) is 60.8 cm³/mol. The topological polar surface area (TPSA) is 84.7 Å². The number of hydrogen-bond donors (Lipinski definition) is 1. The molecule has 2 aromatic heterocycles. The van der Waals surface area contributed by atoms with Gasteiger partial charge in [0.25, 0.3) is 5.56 Å². The molecule has 2 rings (SSSR count). The Morgan fingerprint density at radius 2 is 2.19 bits per heavy atom. The molecule has 0 aliphatic heterocycles. The van der Waals surface area contributed by atoms with E-state index < -0.39 is 0 Å². The predicted octanol–water partition coefficient (Wildman–Crippen LogP) is 0.696. The molecule has 0 bridgehead atoms. The normalized spacial score (nSPS) is 10.3. The SMILES string of the molecule is Cc1c(N)c(C#N)nc2ccc(=O)n(C)c12. The fraction of sp³-hybridized carbons (Fsp3) is 0.182. The van der Waals surface area contributed by atoms with Crippen LogP contribution >= 0.6 is 0 Å². The first-order chi connectivity index (χ1) is 7.56. The van der Waals surface area contributed by atoms with Gasteiger partial charge < -0.3 is 10.3 Å². The van der Waals surface area contributed by atoms with E-state index in [1.807, 2.05) is 6.07 Å². The van der Waals surface area contributed by atoms with Gasteiger partial charge in [-0.25, -0.2) is 4.98 Å². The maximum Gasteiger partial charge on any atom is 0.250 e. The van der Waals surface area contributed by atoms with Crippen molar-refractivity contribution in [3.63, 3.8) is 0 Å². The van der Waals surface area contributed by atoms with Gasteiger partial charge in [-0.3, -0.25) is 4.79 Å². The lowest BCUT2D eigenvalue weighted by Gasteiger charge is -2.09. The molecule has 0 atom stereocenters. The van der Waals surface area contributed by atoms with Crippen LogP contribution in [0.5, 0.6) is 0 Å². The van der Waals surface area contributed by atoms with Crippen LogP contribution in [0, 0.1) is 18.3 Å². The lowest BCUT2D eigenvalue weighted by molar-refractivity contribution is 0.899. The van der Waals surface area contributed by atoms with Crippen LogP contribution in [0.25, 0.3) is 11.0 Å². The summed E-state index contributed by atoms with van der Waals surface area (Å²) in [4.78, 5) is 15.6. The lowest BCUT2D eigenvalue weighted by Crippen LogP contribution is -2.17. The summed E-state index contributed by atoms with van der Waals surface area (Å²) in [6.45, 7) is 1.78. The maximum absolute atomic E-state index is 11.5. The number of nitrogen functional groups attached to an aromatic ring is 1. The minimum Gasteiger partial charge on any atom is -0.396 e. The van der Waals surface area contributed by atoms with E-state index in [4.69, 9.17) is 11.0 Å². The molecular weight excluding hydrogens is 204 g/mol. The fourth-order valence-electron chi connectivity index (χ4n) is 1.73. The zero-order chi connectivity index (χ0) is 11.9. The van der Waals surface area contributed by atoms with E-state index in [9.17, 15) is 4.79 Å². The molecule has 0 aromatic carbocycles. The number of fused-ring (bicyclic) bond motifs is 1. The van der Waals surface area contributed by atoms with Crippen LogP contribution in [-0.4, -0.2) is 9.55 Å². The summed E-state index contributed by atoms with van der Waals surface area (Å²) < 4.78 is 1.48. The van der Waals surface area contributed by atoms with Crippen LogP contribution < -0.4 is 11.3 Å². The van der Waals surface area contributed by atoms with E-state index in [1.165, 1.54) is 10.6 Å². The van der Waals surface area contributed by atoms with Gasteiger partial charge in [0.2, 0.25) is 0 Å². The number of nitriles is 1. The molecule has 2 aromatic rings. The van der Waals surface area contributed by atoms with Gasteiger partial charge in [0.1, 0.15) is 6.07 Å². The minimum absolute atomic E-state index is 0.124. The molecule has 16 heavy (non-hydrogen) atoms. The van der Waals surface area contributed by atoms with Crippen LogP contribution in [-0.2, 0) is 7.05 Å². The number of aromatic nitrogens is 2. The van der Waals surface area contributed by atoms with Crippen molar-refractivity contribution in [1.29, 1.82) is 5.26 Å². The Labute approximate surface area is 91.8 Å². The number of nitrogens with two attached hydrogens (primary N) is 1. The molecule has 0 saturated carbocycles. The molecule has 80 valence electrons. The Balaban J connectivity index is 3.06. The van der Waals surface area contributed by atoms with E-state index in [2.05, 4.69) is 4.98 Å². The van der Waals surface area contributed by atoms with Crippen LogP contribution in [0.4, 0.5) is 5.69 Å².